The van der Waals surface area contributed by atoms with Crippen molar-refractivity contribution in [2.45, 2.75) is 13.0 Å². The summed E-state index contributed by atoms with van der Waals surface area (Å²) in [5, 5.41) is 3.32. The van der Waals surface area contributed by atoms with Crippen LogP contribution in [0.2, 0.25) is 0 Å². The molecule has 2 heterocycles. The molecule has 3 aromatic rings. The van der Waals surface area contributed by atoms with Crippen LogP contribution in [0.25, 0.3) is 0 Å². The van der Waals surface area contributed by atoms with Gasteiger partial charge in [-0.15, -0.1) is 0 Å². The minimum absolute atomic E-state index is 0.671. The summed E-state index contributed by atoms with van der Waals surface area (Å²) in [6.07, 6.45) is 2.62. The van der Waals surface area contributed by atoms with Crippen LogP contribution in [0.4, 0.5) is 17.3 Å². The minimum Gasteiger partial charge on any atom is -0.493 e. The lowest BCUT2D eigenvalue weighted by Crippen LogP contribution is -2.31. The second kappa shape index (κ2) is 7.53. The number of methoxy groups -OCH3 is 2. The lowest BCUT2D eigenvalue weighted by molar-refractivity contribution is 0.355. The van der Waals surface area contributed by atoms with E-state index in [0.29, 0.717) is 11.5 Å². The predicted octanol–water partition coefficient (Wildman–Crippen LogP) is 3.80. The van der Waals surface area contributed by atoms with Crippen molar-refractivity contribution in [2.75, 3.05) is 31.0 Å². The highest BCUT2D eigenvalue weighted by Gasteiger charge is 2.17. The van der Waals surface area contributed by atoms with Gasteiger partial charge in [0.25, 0.3) is 0 Å². The Labute approximate surface area is 158 Å². The van der Waals surface area contributed by atoms with Gasteiger partial charge in [-0.05, 0) is 29.7 Å². The molecule has 0 radical (unpaired) electrons. The maximum absolute atomic E-state index is 5.36. The average molecular weight is 362 g/mol. The van der Waals surface area contributed by atoms with Crippen molar-refractivity contribution in [1.82, 2.24) is 9.97 Å². The molecule has 1 aromatic heterocycles. The Morgan fingerprint density at radius 3 is 2.56 bits per heavy atom. The van der Waals surface area contributed by atoms with Crippen LogP contribution in [-0.2, 0) is 13.0 Å². The van der Waals surface area contributed by atoms with Crippen LogP contribution in [-0.4, -0.2) is 30.7 Å². The lowest BCUT2D eigenvalue weighted by atomic mass is 10.00. The van der Waals surface area contributed by atoms with E-state index in [-0.39, 0.29) is 0 Å². The zero-order valence-corrected chi connectivity index (χ0v) is 15.5. The molecule has 0 atom stereocenters. The van der Waals surface area contributed by atoms with Crippen molar-refractivity contribution in [3.63, 3.8) is 0 Å². The number of rotatable bonds is 5. The van der Waals surface area contributed by atoms with Gasteiger partial charge in [0, 0.05) is 30.9 Å². The first-order valence-electron chi connectivity index (χ1n) is 8.89. The Kier molecular flexibility index (Phi) is 4.78. The number of ether oxygens (including phenoxy) is 2. The molecule has 0 spiro atoms. The first-order chi connectivity index (χ1) is 13.3. The zero-order valence-electron chi connectivity index (χ0n) is 15.5. The molecule has 0 aliphatic carbocycles. The van der Waals surface area contributed by atoms with Gasteiger partial charge >= 0.3 is 0 Å². The molecule has 0 amide bonds. The van der Waals surface area contributed by atoms with Gasteiger partial charge in [-0.2, -0.15) is 0 Å². The molecule has 0 bridgehead atoms. The van der Waals surface area contributed by atoms with E-state index < -0.39 is 0 Å². The normalized spacial score (nSPS) is 13.0. The summed E-state index contributed by atoms with van der Waals surface area (Å²) in [4.78, 5) is 11.1. The van der Waals surface area contributed by atoms with Crippen LogP contribution in [0.5, 0.6) is 11.5 Å². The smallest absolute Gasteiger partial charge is 0.162 e. The molecule has 138 valence electrons. The number of nitrogens with one attached hydrogen (secondary N) is 1. The van der Waals surface area contributed by atoms with Gasteiger partial charge in [-0.1, -0.05) is 24.3 Å². The molecule has 0 saturated heterocycles. The SMILES string of the molecule is COc1ccc(Nc2cc(N3CCc4ccccc4C3)ncn2)cc1OC. The van der Waals surface area contributed by atoms with Crippen molar-refractivity contribution in [1.29, 1.82) is 0 Å². The summed E-state index contributed by atoms with van der Waals surface area (Å²) in [6.45, 7) is 1.81. The molecule has 1 N–H and O–H groups in total. The molecule has 4 rings (SSSR count). The number of fused-ring (bicyclic) bond motifs is 1. The van der Waals surface area contributed by atoms with Crippen LogP contribution in [0.1, 0.15) is 11.1 Å². The van der Waals surface area contributed by atoms with Gasteiger partial charge in [0.15, 0.2) is 11.5 Å². The topological polar surface area (TPSA) is 59.5 Å². The van der Waals surface area contributed by atoms with E-state index >= 15 is 0 Å². The van der Waals surface area contributed by atoms with Crippen LogP contribution in [0.3, 0.4) is 0 Å². The second-order valence-electron chi connectivity index (χ2n) is 6.40. The molecule has 0 saturated carbocycles. The summed E-state index contributed by atoms with van der Waals surface area (Å²) >= 11 is 0. The van der Waals surface area contributed by atoms with E-state index in [2.05, 4.69) is 44.5 Å². The second-order valence-corrected chi connectivity index (χ2v) is 6.40. The van der Waals surface area contributed by atoms with Gasteiger partial charge < -0.3 is 19.7 Å². The van der Waals surface area contributed by atoms with Gasteiger partial charge in [-0.25, -0.2) is 9.97 Å². The highest BCUT2D eigenvalue weighted by Crippen LogP contribution is 2.31. The number of aromatic nitrogens is 2. The molecule has 6 nitrogen and oxygen atoms in total. The van der Waals surface area contributed by atoms with E-state index in [1.807, 2.05) is 24.3 Å². The minimum atomic E-state index is 0.671. The summed E-state index contributed by atoms with van der Waals surface area (Å²) in [5.41, 5.74) is 3.66. The number of hydrogen-bond donors (Lipinski definition) is 1. The summed E-state index contributed by atoms with van der Waals surface area (Å²) < 4.78 is 10.6. The highest BCUT2D eigenvalue weighted by atomic mass is 16.5. The van der Waals surface area contributed by atoms with E-state index in [0.717, 1.165) is 36.8 Å². The van der Waals surface area contributed by atoms with Crippen molar-refractivity contribution in [2.24, 2.45) is 0 Å². The van der Waals surface area contributed by atoms with Crippen LogP contribution in [0, 0.1) is 0 Å². The van der Waals surface area contributed by atoms with E-state index in [9.17, 15) is 0 Å². The van der Waals surface area contributed by atoms with E-state index in [1.165, 1.54) is 11.1 Å². The van der Waals surface area contributed by atoms with Gasteiger partial charge in [-0.3, -0.25) is 0 Å². The quantitative estimate of drug-likeness (QED) is 0.745. The first-order valence-corrected chi connectivity index (χ1v) is 8.89. The number of hydrogen-bond acceptors (Lipinski definition) is 6. The van der Waals surface area contributed by atoms with Crippen molar-refractivity contribution in [3.8, 4) is 11.5 Å². The Hall–Kier alpha value is -3.28. The molecule has 2 aromatic carbocycles. The first kappa shape index (κ1) is 17.1. The maximum Gasteiger partial charge on any atom is 0.162 e. The fourth-order valence-corrected chi connectivity index (χ4v) is 3.34. The molecule has 6 heteroatoms. The fourth-order valence-electron chi connectivity index (χ4n) is 3.34. The monoisotopic (exact) mass is 362 g/mol. The van der Waals surface area contributed by atoms with Crippen LogP contribution in [0.15, 0.2) is 54.9 Å². The Balaban J connectivity index is 1.53. The Bertz CT molecular complexity index is 945. The van der Waals surface area contributed by atoms with Crippen LogP contribution >= 0.6 is 0 Å². The van der Waals surface area contributed by atoms with Gasteiger partial charge in [0.1, 0.15) is 18.0 Å². The zero-order chi connectivity index (χ0) is 18.6. The maximum atomic E-state index is 5.36. The van der Waals surface area contributed by atoms with E-state index in [4.69, 9.17) is 9.47 Å². The largest absolute Gasteiger partial charge is 0.493 e. The van der Waals surface area contributed by atoms with Crippen molar-refractivity contribution in [3.05, 3.63) is 66.0 Å². The Morgan fingerprint density at radius 1 is 0.926 bits per heavy atom. The molecular formula is C21H22N4O2. The van der Waals surface area contributed by atoms with Gasteiger partial charge in [0.05, 0.1) is 14.2 Å². The van der Waals surface area contributed by atoms with Crippen LogP contribution < -0.4 is 19.7 Å². The fraction of sp³-hybridized carbons (Fsp3) is 0.238. The summed E-state index contributed by atoms with van der Waals surface area (Å²) in [5.74, 6) is 3.02. The van der Waals surface area contributed by atoms with Gasteiger partial charge in [0.2, 0.25) is 0 Å². The van der Waals surface area contributed by atoms with Crippen molar-refractivity contribution >= 4 is 17.3 Å². The summed E-state index contributed by atoms with van der Waals surface area (Å²) in [7, 11) is 3.25. The molecule has 27 heavy (non-hydrogen) atoms. The van der Waals surface area contributed by atoms with E-state index in [1.54, 1.807) is 20.5 Å². The molecule has 1 aliphatic rings. The number of anilines is 3. The molecular weight excluding hydrogens is 340 g/mol. The molecule has 1 aliphatic heterocycles. The molecule has 0 unspecified atom stereocenters. The molecule has 0 fully saturated rings. The third kappa shape index (κ3) is 3.65. The standard InChI is InChI=1S/C21H22N4O2/c1-26-18-8-7-17(11-19(18)27-2)24-20-12-21(23-14-22-20)25-10-9-15-5-3-4-6-16(15)13-25/h3-8,11-12,14H,9-10,13H2,1-2H3,(H,22,23,24). The number of nitrogens with zero attached hydrogens (tertiary/aromatic N) is 3. The predicted molar refractivity (Wildman–Crippen MR) is 106 cm³/mol. The average Bonchev–Trinajstić information content (AvgIpc) is 2.73. The van der Waals surface area contributed by atoms with Crippen molar-refractivity contribution < 1.29 is 9.47 Å². The number of benzene rings is 2. The summed E-state index contributed by atoms with van der Waals surface area (Å²) in [6, 6.07) is 16.2. The highest BCUT2D eigenvalue weighted by molar-refractivity contribution is 5.63. The third-order valence-corrected chi connectivity index (χ3v) is 4.76. The lowest BCUT2D eigenvalue weighted by Gasteiger charge is -2.29. The Morgan fingerprint density at radius 2 is 1.74 bits per heavy atom. The third-order valence-electron chi connectivity index (χ3n) is 4.76.